The first-order valence-electron chi connectivity index (χ1n) is 1.85. The van der Waals surface area contributed by atoms with E-state index in [1.165, 1.54) is 0 Å². The zero-order chi connectivity index (χ0) is 7.44. The van der Waals surface area contributed by atoms with Crippen LogP contribution < -0.4 is 0 Å². The van der Waals surface area contributed by atoms with Crippen LogP contribution >= 0.6 is 0 Å². The van der Waals surface area contributed by atoms with Crippen LogP contribution in [-0.2, 0) is 4.79 Å². The fourth-order valence-corrected chi connectivity index (χ4v) is 0.193. The van der Waals surface area contributed by atoms with Crippen molar-refractivity contribution >= 4 is 5.97 Å². The highest BCUT2D eigenvalue weighted by Crippen LogP contribution is 1.85. The van der Waals surface area contributed by atoms with Crippen LogP contribution in [0, 0.1) is 21.4 Å². The maximum Gasteiger partial charge on any atom is 0.394 e. The Morgan fingerprint density at radius 2 is 2.33 bits per heavy atom. The number of nitro groups is 1. The quantitative estimate of drug-likeness (QED) is 0.390. The number of rotatable bonds is 2. The van der Waals surface area contributed by atoms with Crippen LogP contribution in [0.1, 0.15) is 0 Å². The van der Waals surface area contributed by atoms with Gasteiger partial charge in [-0.15, -0.1) is 0 Å². The van der Waals surface area contributed by atoms with E-state index in [2.05, 4.69) is 0 Å². The van der Waals surface area contributed by atoms with Crippen molar-refractivity contribution in [2.45, 2.75) is 6.04 Å². The van der Waals surface area contributed by atoms with Crippen LogP contribution in [0.5, 0.6) is 0 Å². The Hall–Kier alpha value is -1.64. The van der Waals surface area contributed by atoms with Crippen LogP contribution in [0.4, 0.5) is 0 Å². The molecule has 48 valence electrons. The summed E-state index contributed by atoms with van der Waals surface area (Å²) < 4.78 is 0. The molecule has 9 heavy (non-hydrogen) atoms. The van der Waals surface area contributed by atoms with E-state index >= 15 is 0 Å². The average Bonchev–Trinajstić information content (AvgIpc) is 1.64. The van der Waals surface area contributed by atoms with Gasteiger partial charge >= 0.3 is 12.0 Å². The Bertz CT molecular complexity index is 167. The van der Waals surface area contributed by atoms with Crippen LogP contribution in [-0.4, -0.2) is 22.0 Å². The van der Waals surface area contributed by atoms with Gasteiger partial charge in [0, 0.05) is 0 Å². The van der Waals surface area contributed by atoms with Gasteiger partial charge in [0.25, 0.3) is 0 Å². The van der Waals surface area contributed by atoms with Gasteiger partial charge in [-0.25, -0.2) is 4.79 Å². The van der Waals surface area contributed by atoms with Gasteiger partial charge in [-0.3, -0.25) is 10.1 Å². The highest BCUT2D eigenvalue weighted by atomic mass is 16.6. The summed E-state index contributed by atoms with van der Waals surface area (Å²) in [6.07, 6.45) is 0. The van der Waals surface area contributed by atoms with E-state index in [1.807, 2.05) is 0 Å². The lowest BCUT2D eigenvalue weighted by molar-refractivity contribution is -0.495. The number of nitrogens with zero attached hydrogens (tertiary/aromatic N) is 2. The molecule has 0 fully saturated rings. The van der Waals surface area contributed by atoms with Gasteiger partial charge in [-0.05, 0) is 0 Å². The molecule has 0 aliphatic carbocycles. The van der Waals surface area contributed by atoms with E-state index in [9.17, 15) is 14.9 Å². The number of carboxylic acids is 1. The van der Waals surface area contributed by atoms with Gasteiger partial charge in [-0.1, -0.05) is 0 Å². The lowest BCUT2D eigenvalue weighted by atomic mass is 10.4. The van der Waals surface area contributed by atoms with Crippen molar-refractivity contribution in [3.05, 3.63) is 10.1 Å². The maximum absolute atomic E-state index is 9.71. The van der Waals surface area contributed by atoms with Gasteiger partial charge in [0.2, 0.25) is 0 Å². The van der Waals surface area contributed by atoms with Crippen molar-refractivity contribution in [3.63, 3.8) is 0 Å². The van der Waals surface area contributed by atoms with Crippen molar-refractivity contribution in [2.75, 3.05) is 0 Å². The molecule has 0 spiro atoms. The summed E-state index contributed by atoms with van der Waals surface area (Å²) in [5.74, 6) is -1.73. The summed E-state index contributed by atoms with van der Waals surface area (Å²) in [6.45, 7) is 0. The first kappa shape index (κ1) is 7.36. The lowest BCUT2D eigenvalue weighted by Crippen LogP contribution is -2.26. The number of carbonyl (C=O) groups is 1. The smallest absolute Gasteiger partial charge is 0.394 e. The van der Waals surface area contributed by atoms with Crippen molar-refractivity contribution in [3.8, 4) is 6.07 Å². The highest BCUT2D eigenvalue weighted by molar-refractivity contribution is 5.74. The van der Waals surface area contributed by atoms with E-state index < -0.39 is 16.9 Å². The molecular formula is C3H2N2O4. The van der Waals surface area contributed by atoms with Crippen LogP contribution in [0.15, 0.2) is 0 Å². The standard InChI is InChI=1S/C3H2N2O4/c4-1-2(3(6)7)5(8)9/h2H,(H,6,7)/t2-/m1/s1. The molecule has 1 atom stereocenters. The van der Waals surface area contributed by atoms with E-state index in [0.717, 1.165) is 6.07 Å². The molecule has 0 unspecified atom stereocenters. The molecule has 6 heteroatoms. The zero-order valence-electron chi connectivity index (χ0n) is 4.14. The van der Waals surface area contributed by atoms with E-state index in [1.54, 1.807) is 0 Å². The maximum atomic E-state index is 9.71. The van der Waals surface area contributed by atoms with Gasteiger partial charge in [0.05, 0.1) is 4.92 Å². The second-order valence-electron chi connectivity index (χ2n) is 1.16. The first-order valence-corrected chi connectivity index (χ1v) is 1.85. The van der Waals surface area contributed by atoms with Gasteiger partial charge in [-0.2, -0.15) is 5.26 Å². The lowest BCUT2D eigenvalue weighted by Gasteiger charge is -1.90. The first-order chi connectivity index (χ1) is 4.09. The molecular weight excluding hydrogens is 128 g/mol. The summed E-state index contributed by atoms with van der Waals surface area (Å²) in [4.78, 5) is 18.1. The largest absolute Gasteiger partial charge is 0.475 e. The molecule has 0 aromatic carbocycles. The topological polar surface area (TPSA) is 104 Å². The van der Waals surface area contributed by atoms with Crippen molar-refractivity contribution in [1.82, 2.24) is 0 Å². The van der Waals surface area contributed by atoms with Crippen LogP contribution in [0.25, 0.3) is 0 Å². The summed E-state index contributed by atoms with van der Waals surface area (Å²) >= 11 is 0. The highest BCUT2D eigenvalue weighted by Gasteiger charge is 2.27. The molecule has 0 aromatic heterocycles. The van der Waals surface area contributed by atoms with Gasteiger partial charge in [0.1, 0.15) is 0 Å². The summed E-state index contributed by atoms with van der Waals surface area (Å²) in [6, 6.07) is -1.13. The van der Waals surface area contributed by atoms with E-state index in [-0.39, 0.29) is 0 Å². The minimum Gasteiger partial charge on any atom is -0.475 e. The monoisotopic (exact) mass is 130 g/mol. The summed E-state index contributed by atoms with van der Waals surface area (Å²) in [5, 5.41) is 25.2. The Morgan fingerprint density at radius 1 is 1.89 bits per heavy atom. The predicted octanol–water partition coefficient (Wildman–Crippen LogP) is -0.760. The van der Waals surface area contributed by atoms with E-state index in [4.69, 9.17) is 10.4 Å². The van der Waals surface area contributed by atoms with E-state index in [0.29, 0.717) is 0 Å². The minimum atomic E-state index is -2.13. The number of hydrogen-bond acceptors (Lipinski definition) is 4. The molecule has 0 radical (unpaired) electrons. The molecule has 0 saturated heterocycles. The average molecular weight is 130 g/mol. The molecule has 0 aliphatic heterocycles. The summed E-state index contributed by atoms with van der Waals surface area (Å²) in [7, 11) is 0. The number of carboxylic acid groups (broad SMARTS) is 1. The SMILES string of the molecule is N#C[C@H](C(=O)O)[N+](=O)[O-]. The number of aliphatic carboxylic acids is 1. The van der Waals surface area contributed by atoms with Crippen LogP contribution in [0.3, 0.4) is 0 Å². The normalized spacial score (nSPS) is 11.4. The van der Waals surface area contributed by atoms with Gasteiger partial charge in [0.15, 0.2) is 6.07 Å². The molecule has 6 nitrogen and oxygen atoms in total. The second kappa shape index (κ2) is 2.61. The molecule has 0 heterocycles. The molecule has 0 bridgehead atoms. The van der Waals surface area contributed by atoms with Crippen molar-refractivity contribution < 1.29 is 14.8 Å². The second-order valence-corrected chi connectivity index (χ2v) is 1.16. The van der Waals surface area contributed by atoms with Crippen LogP contribution in [0.2, 0.25) is 0 Å². The predicted molar refractivity (Wildman–Crippen MR) is 24.0 cm³/mol. The molecule has 0 rings (SSSR count). The third-order valence-electron chi connectivity index (χ3n) is 0.567. The number of hydrogen-bond donors (Lipinski definition) is 1. The molecule has 0 aliphatic rings. The van der Waals surface area contributed by atoms with Crippen molar-refractivity contribution in [1.29, 1.82) is 5.26 Å². The summed E-state index contributed by atoms with van der Waals surface area (Å²) in [5.41, 5.74) is 0. The Kier molecular flexibility index (Phi) is 2.14. The van der Waals surface area contributed by atoms with Crippen molar-refractivity contribution in [2.24, 2.45) is 0 Å². The Labute approximate surface area is 49.5 Å². The minimum absolute atomic E-state index is 1.00. The Balaban J connectivity index is 4.22. The third kappa shape index (κ3) is 1.73. The van der Waals surface area contributed by atoms with Gasteiger partial charge < -0.3 is 5.11 Å². The number of nitriles is 1. The zero-order valence-corrected chi connectivity index (χ0v) is 4.14. The molecule has 0 amide bonds. The third-order valence-corrected chi connectivity index (χ3v) is 0.567. The molecule has 0 saturated carbocycles. The fourth-order valence-electron chi connectivity index (χ4n) is 0.193. The Morgan fingerprint density at radius 3 is 2.33 bits per heavy atom. The fraction of sp³-hybridized carbons (Fsp3) is 0.333. The molecule has 1 N–H and O–H groups in total. The molecule has 0 aromatic rings.